The third-order valence-electron chi connectivity index (χ3n) is 9.57. The van der Waals surface area contributed by atoms with Gasteiger partial charge in [-0.2, -0.15) is 0 Å². The van der Waals surface area contributed by atoms with Crippen LogP contribution < -0.4 is 5.32 Å². The van der Waals surface area contributed by atoms with Crippen LogP contribution in [0.2, 0.25) is 0 Å². The molecule has 1 saturated heterocycles. The second kappa shape index (κ2) is 13.8. The molecule has 0 spiro atoms. The molecule has 0 bridgehead atoms. The third kappa shape index (κ3) is 6.73. The van der Waals surface area contributed by atoms with Crippen LogP contribution in [0.4, 0.5) is 15.8 Å². The van der Waals surface area contributed by atoms with Crippen molar-refractivity contribution in [1.29, 1.82) is 0 Å². The number of para-hydroxylation sites is 1. The highest BCUT2D eigenvalue weighted by atomic mass is 79.9. The number of nitrogens with zero attached hydrogens (tertiary/aromatic N) is 4. The summed E-state index contributed by atoms with van der Waals surface area (Å²) >= 11 is 3.17. The van der Waals surface area contributed by atoms with Crippen LogP contribution in [0, 0.1) is 22.9 Å². The van der Waals surface area contributed by atoms with Crippen LogP contribution >= 0.6 is 15.9 Å². The molecule has 0 radical (unpaired) electrons. The summed E-state index contributed by atoms with van der Waals surface area (Å²) in [5, 5.41) is 16.1. The van der Waals surface area contributed by atoms with E-state index in [4.69, 9.17) is 4.98 Å². The van der Waals surface area contributed by atoms with Crippen LogP contribution in [-0.4, -0.2) is 44.3 Å². The summed E-state index contributed by atoms with van der Waals surface area (Å²) in [6.45, 7) is 3.10. The number of benzene rings is 4. The van der Waals surface area contributed by atoms with Crippen LogP contribution in [0.25, 0.3) is 21.8 Å². The summed E-state index contributed by atoms with van der Waals surface area (Å²) in [6, 6.07) is 28.8. The molecule has 1 fully saturated rings. The van der Waals surface area contributed by atoms with E-state index in [1.807, 2.05) is 72.2 Å². The number of hydrogen-bond acceptors (Lipinski definition) is 5. The summed E-state index contributed by atoms with van der Waals surface area (Å²) in [5.41, 5.74) is 6.33. The largest absolute Gasteiger partial charge is 0.339 e. The molecule has 1 N–H and O–H groups in total. The highest BCUT2D eigenvalue weighted by Crippen LogP contribution is 2.32. The van der Waals surface area contributed by atoms with Gasteiger partial charge in [0.15, 0.2) is 0 Å². The zero-order valence-corrected chi connectivity index (χ0v) is 28.8. The van der Waals surface area contributed by atoms with E-state index >= 15 is 0 Å². The number of anilines is 1. The highest BCUT2D eigenvalue weighted by Gasteiger charge is 2.26. The normalized spacial score (nSPS) is 13.5. The van der Waals surface area contributed by atoms with Gasteiger partial charge in [-0.15, -0.1) is 0 Å². The lowest BCUT2D eigenvalue weighted by Gasteiger charge is -2.32. The number of fused-ring (bicyclic) bond motifs is 2. The van der Waals surface area contributed by atoms with Gasteiger partial charge in [-0.1, -0.05) is 36.4 Å². The third-order valence-corrected chi connectivity index (χ3v) is 10.2. The number of likely N-dealkylation sites (tertiary alicyclic amines) is 1. The first kappa shape index (κ1) is 33.1. The molecule has 3 heterocycles. The van der Waals surface area contributed by atoms with E-state index < -0.39 is 4.92 Å². The van der Waals surface area contributed by atoms with E-state index in [1.54, 1.807) is 17.0 Å². The van der Waals surface area contributed by atoms with Crippen LogP contribution in [-0.2, 0) is 17.8 Å². The van der Waals surface area contributed by atoms with Crippen molar-refractivity contribution < 1.29 is 18.9 Å². The molecule has 2 aromatic heterocycles. The molecule has 0 saturated carbocycles. The average Bonchev–Trinajstić information content (AvgIpc) is 3.36. The summed E-state index contributed by atoms with van der Waals surface area (Å²) in [7, 11) is 0. The number of amides is 2. The number of hydrogen-bond donors (Lipinski definition) is 1. The van der Waals surface area contributed by atoms with Crippen molar-refractivity contribution >= 4 is 60.9 Å². The molecule has 50 heavy (non-hydrogen) atoms. The molecule has 0 unspecified atom stereocenters. The number of nitrogens with one attached hydrogen (secondary N) is 1. The maximum absolute atomic E-state index is 14.5. The molecular weight excluding hydrogens is 701 g/mol. The average molecular weight is 735 g/mol. The summed E-state index contributed by atoms with van der Waals surface area (Å²) in [6.07, 6.45) is 2.02. The van der Waals surface area contributed by atoms with Gasteiger partial charge in [-0.05, 0) is 107 Å². The van der Waals surface area contributed by atoms with Gasteiger partial charge in [0.05, 0.1) is 14.9 Å². The Kier molecular flexibility index (Phi) is 9.16. The van der Waals surface area contributed by atoms with E-state index in [2.05, 4.69) is 21.2 Å². The second-order valence-electron chi connectivity index (χ2n) is 12.6. The minimum atomic E-state index is -0.507. The maximum Gasteiger partial charge on any atom is 0.284 e. The molecule has 0 atom stereocenters. The van der Waals surface area contributed by atoms with Crippen molar-refractivity contribution in [3.05, 3.63) is 146 Å². The van der Waals surface area contributed by atoms with Gasteiger partial charge in [0.25, 0.3) is 11.6 Å². The fraction of sp³-hybridized carbons (Fsp3) is 0.205. The Morgan fingerprint density at radius 2 is 1.74 bits per heavy atom. The van der Waals surface area contributed by atoms with Gasteiger partial charge in [-0.25, -0.2) is 4.39 Å². The molecule has 4 aromatic carbocycles. The van der Waals surface area contributed by atoms with Crippen molar-refractivity contribution in [3.63, 3.8) is 0 Å². The van der Waals surface area contributed by atoms with Gasteiger partial charge in [0.1, 0.15) is 12.4 Å². The first-order chi connectivity index (χ1) is 24.1. The van der Waals surface area contributed by atoms with Crippen molar-refractivity contribution in [2.24, 2.45) is 0 Å². The lowest BCUT2D eigenvalue weighted by molar-refractivity contribution is -0.385. The van der Waals surface area contributed by atoms with Crippen LogP contribution in [0.3, 0.4) is 0 Å². The van der Waals surface area contributed by atoms with Gasteiger partial charge in [-0.3, -0.25) is 24.7 Å². The minimum Gasteiger partial charge on any atom is -0.339 e. The zero-order valence-electron chi connectivity index (χ0n) is 27.2. The molecule has 11 heteroatoms. The summed E-state index contributed by atoms with van der Waals surface area (Å²) in [5.74, 6) is -0.504. The minimum absolute atomic E-state index is 0.0644. The quantitative estimate of drug-likeness (QED) is 0.125. The lowest BCUT2D eigenvalue weighted by Crippen LogP contribution is -2.37. The molecular formula is C39H33BrFN5O4. The van der Waals surface area contributed by atoms with Crippen molar-refractivity contribution in [1.82, 2.24) is 14.5 Å². The smallest absolute Gasteiger partial charge is 0.284 e. The monoisotopic (exact) mass is 733 g/mol. The predicted octanol–water partition coefficient (Wildman–Crippen LogP) is 8.56. The fourth-order valence-corrected chi connectivity index (χ4v) is 7.30. The lowest BCUT2D eigenvalue weighted by atomic mass is 9.89. The van der Waals surface area contributed by atoms with E-state index in [-0.39, 0.29) is 35.8 Å². The number of halogens is 2. The molecule has 252 valence electrons. The van der Waals surface area contributed by atoms with Crippen molar-refractivity contribution in [2.75, 3.05) is 18.4 Å². The molecule has 1 aliphatic heterocycles. The number of piperidine rings is 1. The number of nitro groups is 1. The molecule has 9 nitrogen and oxygen atoms in total. The van der Waals surface area contributed by atoms with Crippen LogP contribution in [0.1, 0.15) is 51.6 Å². The van der Waals surface area contributed by atoms with Gasteiger partial charge in [0.2, 0.25) is 5.91 Å². The predicted molar refractivity (Wildman–Crippen MR) is 195 cm³/mol. The topological polar surface area (TPSA) is 110 Å². The summed E-state index contributed by atoms with van der Waals surface area (Å²) in [4.78, 5) is 43.8. The number of carbonyl (C=O) groups excluding carboxylic acids is 2. The SMILES string of the molecule is Cc1c(Cc2ccc3ccccc3n2)c2cc(F)ccc2n1CC(=O)Nc1ccc(C2CCN(C(=O)c3ccc(Br)c([N+](=O)[O-])c3)CC2)cc1. The number of nitro benzene ring substituents is 1. The molecule has 0 aliphatic carbocycles. The standard InChI is InChI=1S/C39H33BrFN5O4/c1-24-32(22-31-13-8-27-4-2-3-5-35(27)42-31)33-21-29(41)10-15-36(33)45(24)23-38(47)43-30-11-6-25(7-12-30)26-16-18-44(19-17-26)39(48)28-9-14-34(40)37(20-28)46(49)50/h2-15,20-21,26H,16-19,22-23H2,1H3,(H,43,47). The second-order valence-corrected chi connectivity index (χ2v) is 13.5. The van der Waals surface area contributed by atoms with E-state index in [9.17, 15) is 24.1 Å². The van der Waals surface area contributed by atoms with Gasteiger partial charge in [0, 0.05) is 64.5 Å². The number of carbonyl (C=O) groups is 2. The maximum atomic E-state index is 14.5. The fourth-order valence-electron chi connectivity index (χ4n) is 6.91. The Morgan fingerprint density at radius 3 is 2.50 bits per heavy atom. The molecule has 6 aromatic rings. The number of aromatic nitrogens is 2. The molecule has 2 amide bonds. The Hall–Kier alpha value is -5.42. The van der Waals surface area contributed by atoms with Crippen molar-refractivity contribution in [3.8, 4) is 0 Å². The highest BCUT2D eigenvalue weighted by molar-refractivity contribution is 9.10. The van der Waals surface area contributed by atoms with E-state index in [0.29, 0.717) is 35.2 Å². The van der Waals surface area contributed by atoms with Crippen molar-refractivity contribution in [2.45, 2.75) is 38.6 Å². The van der Waals surface area contributed by atoms with Gasteiger partial charge >= 0.3 is 0 Å². The Balaban J connectivity index is 1.00. The Labute approximate surface area is 296 Å². The zero-order chi connectivity index (χ0) is 34.9. The summed E-state index contributed by atoms with van der Waals surface area (Å²) < 4.78 is 16.7. The first-order valence-corrected chi connectivity index (χ1v) is 17.2. The van der Waals surface area contributed by atoms with Crippen LogP contribution in [0.15, 0.2) is 102 Å². The van der Waals surface area contributed by atoms with Crippen LogP contribution in [0.5, 0.6) is 0 Å². The molecule has 7 rings (SSSR count). The number of pyridine rings is 1. The Bertz CT molecular complexity index is 2280. The number of rotatable bonds is 8. The van der Waals surface area contributed by atoms with E-state index in [1.165, 1.54) is 24.3 Å². The first-order valence-electron chi connectivity index (χ1n) is 16.4. The van der Waals surface area contributed by atoms with Gasteiger partial charge < -0.3 is 14.8 Å². The molecule has 1 aliphatic rings. The Morgan fingerprint density at radius 1 is 0.980 bits per heavy atom. The van der Waals surface area contributed by atoms with E-state index in [0.717, 1.165) is 57.2 Å².